The van der Waals surface area contributed by atoms with Gasteiger partial charge in [0.2, 0.25) is 0 Å². The van der Waals surface area contributed by atoms with Crippen molar-refractivity contribution in [2.45, 2.75) is 19.4 Å². The van der Waals surface area contributed by atoms with Crippen LogP contribution in [-0.2, 0) is 4.79 Å². The number of methoxy groups -OCH3 is 1. The molecule has 0 aromatic heterocycles. The number of amides is 1. The molecule has 0 bridgehead atoms. The van der Waals surface area contributed by atoms with E-state index < -0.39 is 29.3 Å². The SMILES string of the molecule is CC[C@H](Oc1ccc(OC)cc1)C(=O)Nc1c(F)cccc1F. The molecule has 6 heteroatoms. The first kappa shape index (κ1) is 16.7. The quantitative estimate of drug-likeness (QED) is 0.881. The first-order valence-corrected chi connectivity index (χ1v) is 7.10. The molecule has 2 rings (SSSR count). The number of carbonyl (C=O) groups is 1. The molecule has 2 aromatic carbocycles. The van der Waals surface area contributed by atoms with E-state index in [1.165, 1.54) is 6.07 Å². The topological polar surface area (TPSA) is 47.6 Å². The number of ether oxygens (including phenoxy) is 2. The average Bonchev–Trinajstić information content (AvgIpc) is 2.56. The van der Waals surface area contributed by atoms with Gasteiger partial charge < -0.3 is 14.8 Å². The van der Waals surface area contributed by atoms with Gasteiger partial charge in [-0.3, -0.25) is 4.79 Å². The number of benzene rings is 2. The number of nitrogens with one attached hydrogen (secondary N) is 1. The number of hydrogen-bond donors (Lipinski definition) is 1. The number of hydrogen-bond acceptors (Lipinski definition) is 3. The minimum Gasteiger partial charge on any atom is -0.497 e. The van der Waals surface area contributed by atoms with Crippen molar-refractivity contribution in [2.75, 3.05) is 12.4 Å². The predicted octanol–water partition coefficient (Wildman–Crippen LogP) is 3.77. The Hall–Kier alpha value is -2.63. The molecule has 0 unspecified atom stereocenters. The summed E-state index contributed by atoms with van der Waals surface area (Å²) in [5, 5.41) is 2.23. The highest BCUT2D eigenvalue weighted by molar-refractivity contribution is 5.94. The largest absolute Gasteiger partial charge is 0.497 e. The summed E-state index contributed by atoms with van der Waals surface area (Å²) in [6.45, 7) is 1.74. The van der Waals surface area contributed by atoms with Gasteiger partial charge in [0, 0.05) is 0 Å². The van der Waals surface area contributed by atoms with Crippen molar-refractivity contribution >= 4 is 11.6 Å². The Kier molecular flexibility index (Phi) is 5.51. The number of carbonyl (C=O) groups excluding carboxylic acids is 1. The smallest absolute Gasteiger partial charge is 0.265 e. The van der Waals surface area contributed by atoms with E-state index in [0.717, 1.165) is 12.1 Å². The zero-order chi connectivity index (χ0) is 16.8. The Morgan fingerprint density at radius 2 is 1.65 bits per heavy atom. The standard InChI is InChI=1S/C17H17F2NO3/c1-3-15(23-12-9-7-11(22-2)8-10-12)17(21)20-16-13(18)5-4-6-14(16)19/h4-10,15H,3H2,1-2H3,(H,20,21)/t15-/m0/s1. The van der Waals surface area contributed by atoms with Gasteiger partial charge in [0.15, 0.2) is 6.10 Å². The molecule has 0 spiro atoms. The third-order valence-electron chi connectivity index (χ3n) is 3.21. The molecule has 0 saturated carbocycles. The van der Waals surface area contributed by atoms with E-state index in [9.17, 15) is 13.6 Å². The Balaban J connectivity index is 2.09. The molecule has 4 nitrogen and oxygen atoms in total. The molecular weight excluding hydrogens is 304 g/mol. The van der Waals surface area contributed by atoms with Crippen LogP contribution in [0.1, 0.15) is 13.3 Å². The summed E-state index contributed by atoms with van der Waals surface area (Å²) in [6.07, 6.45) is -0.532. The second-order valence-electron chi connectivity index (χ2n) is 4.78. The highest BCUT2D eigenvalue weighted by Gasteiger charge is 2.21. The molecule has 122 valence electrons. The zero-order valence-corrected chi connectivity index (χ0v) is 12.8. The Morgan fingerprint density at radius 3 is 2.17 bits per heavy atom. The summed E-state index contributed by atoms with van der Waals surface area (Å²) in [7, 11) is 1.54. The minimum atomic E-state index is -0.873. The van der Waals surface area contributed by atoms with Crippen molar-refractivity contribution in [2.24, 2.45) is 0 Å². The van der Waals surface area contributed by atoms with Crippen LogP contribution in [0.4, 0.5) is 14.5 Å². The summed E-state index contributed by atoms with van der Waals surface area (Å²) in [6, 6.07) is 10.1. The van der Waals surface area contributed by atoms with Gasteiger partial charge in [0.1, 0.15) is 28.8 Å². The Bertz CT molecular complexity index is 654. The fraction of sp³-hybridized carbons (Fsp3) is 0.235. The fourth-order valence-corrected chi connectivity index (χ4v) is 1.96. The molecule has 0 saturated heterocycles. The molecule has 0 fully saturated rings. The summed E-state index contributed by atoms with van der Waals surface area (Å²) in [5.41, 5.74) is -0.478. The summed E-state index contributed by atoms with van der Waals surface area (Å²) in [4.78, 5) is 12.2. The molecule has 0 aliphatic rings. The summed E-state index contributed by atoms with van der Waals surface area (Å²) < 4.78 is 37.8. The molecular formula is C17H17F2NO3. The zero-order valence-electron chi connectivity index (χ0n) is 12.8. The van der Waals surface area contributed by atoms with Crippen molar-refractivity contribution < 1.29 is 23.0 Å². The highest BCUT2D eigenvalue weighted by Crippen LogP contribution is 2.21. The third-order valence-corrected chi connectivity index (χ3v) is 3.21. The molecule has 2 aromatic rings. The van der Waals surface area contributed by atoms with Gasteiger partial charge in [-0.15, -0.1) is 0 Å². The third kappa shape index (κ3) is 4.18. The molecule has 0 aliphatic carbocycles. The molecule has 1 amide bonds. The number of anilines is 1. The Morgan fingerprint density at radius 1 is 1.09 bits per heavy atom. The van der Waals surface area contributed by atoms with E-state index in [2.05, 4.69) is 5.32 Å². The normalized spacial score (nSPS) is 11.7. The fourth-order valence-electron chi connectivity index (χ4n) is 1.96. The molecule has 0 heterocycles. The summed E-state index contributed by atoms with van der Waals surface area (Å²) >= 11 is 0. The number of rotatable bonds is 6. The van der Waals surface area contributed by atoms with Crippen LogP contribution in [0.15, 0.2) is 42.5 Å². The first-order chi connectivity index (χ1) is 11.0. The van der Waals surface area contributed by atoms with E-state index >= 15 is 0 Å². The van der Waals surface area contributed by atoms with E-state index in [-0.39, 0.29) is 0 Å². The maximum Gasteiger partial charge on any atom is 0.265 e. The van der Waals surface area contributed by atoms with E-state index in [1.54, 1.807) is 38.3 Å². The number of halogens is 2. The maximum atomic E-state index is 13.6. The highest BCUT2D eigenvalue weighted by atomic mass is 19.1. The van der Waals surface area contributed by atoms with Crippen molar-refractivity contribution in [1.82, 2.24) is 0 Å². The summed E-state index contributed by atoms with van der Waals surface area (Å²) in [5.74, 6) is -1.17. The van der Waals surface area contributed by atoms with Crippen LogP contribution in [0.5, 0.6) is 11.5 Å². The van der Waals surface area contributed by atoms with Crippen molar-refractivity contribution in [3.8, 4) is 11.5 Å². The second kappa shape index (κ2) is 7.58. The first-order valence-electron chi connectivity index (χ1n) is 7.10. The average molecular weight is 321 g/mol. The molecule has 1 atom stereocenters. The van der Waals surface area contributed by atoms with E-state index in [0.29, 0.717) is 17.9 Å². The van der Waals surface area contributed by atoms with Crippen LogP contribution >= 0.6 is 0 Å². The monoisotopic (exact) mass is 321 g/mol. The van der Waals surface area contributed by atoms with Gasteiger partial charge in [-0.2, -0.15) is 0 Å². The lowest BCUT2D eigenvalue weighted by Gasteiger charge is -2.18. The lowest BCUT2D eigenvalue weighted by molar-refractivity contribution is -0.122. The van der Waals surface area contributed by atoms with Crippen molar-refractivity contribution in [3.63, 3.8) is 0 Å². The molecule has 0 radical (unpaired) electrons. The van der Waals surface area contributed by atoms with Crippen LogP contribution in [-0.4, -0.2) is 19.1 Å². The predicted molar refractivity (Wildman–Crippen MR) is 82.7 cm³/mol. The van der Waals surface area contributed by atoms with Gasteiger partial charge in [0.05, 0.1) is 7.11 Å². The lowest BCUT2D eigenvalue weighted by Crippen LogP contribution is -2.33. The Labute approximate surface area is 133 Å². The van der Waals surface area contributed by atoms with Gasteiger partial charge in [-0.05, 0) is 42.8 Å². The van der Waals surface area contributed by atoms with Gasteiger partial charge in [-0.1, -0.05) is 13.0 Å². The van der Waals surface area contributed by atoms with Crippen LogP contribution < -0.4 is 14.8 Å². The molecule has 0 aliphatic heterocycles. The van der Waals surface area contributed by atoms with E-state index in [4.69, 9.17) is 9.47 Å². The van der Waals surface area contributed by atoms with Gasteiger partial charge in [-0.25, -0.2) is 8.78 Å². The van der Waals surface area contributed by atoms with Crippen LogP contribution in [0.2, 0.25) is 0 Å². The van der Waals surface area contributed by atoms with Gasteiger partial charge in [0.25, 0.3) is 5.91 Å². The van der Waals surface area contributed by atoms with Gasteiger partial charge >= 0.3 is 0 Å². The lowest BCUT2D eigenvalue weighted by atomic mass is 10.2. The van der Waals surface area contributed by atoms with Crippen LogP contribution in [0.3, 0.4) is 0 Å². The van der Waals surface area contributed by atoms with E-state index in [1.807, 2.05) is 0 Å². The second-order valence-corrected chi connectivity index (χ2v) is 4.78. The van der Waals surface area contributed by atoms with Crippen LogP contribution in [0.25, 0.3) is 0 Å². The maximum absolute atomic E-state index is 13.6. The van der Waals surface area contributed by atoms with Crippen molar-refractivity contribution in [3.05, 3.63) is 54.1 Å². The molecule has 1 N–H and O–H groups in total. The minimum absolute atomic E-state index is 0.341. The van der Waals surface area contributed by atoms with Crippen molar-refractivity contribution in [1.29, 1.82) is 0 Å². The molecule has 23 heavy (non-hydrogen) atoms. The van der Waals surface area contributed by atoms with Crippen LogP contribution in [0, 0.1) is 11.6 Å². The number of para-hydroxylation sites is 1.